The Labute approximate surface area is 388 Å². The fraction of sp³-hybridized carbons (Fsp3) is 0.560. The minimum atomic E-state index is -0.968. The number of H-pyrrole nitrogens is 2. The van der Waals surface area contributed by atoms with Gasteiger partial charge in [-0.25, -0.2) is 9.59 Å². The van der Waals surface area contributed by atoms with Crippen LogP contribution in [0.1, 0.15) is 59.2 Å². The van der Waals surface area contributed by atoms with Gasteiger partial charge in [-0.05, 0) is 75.6 Å². The van der Waals surface area contributed by atoms with E-state index in [0.29, 0.717) is 76.3 Å². The Kier molecular flexibility index (Phi) is 13.4. The van der Waals surface area contributed by atoms with Crippen LogP contribution in [0.3, 0.4) is 0 Å². The largest absolute Gasteiger partial charge is 0.458 e. The Morgan fingerprint density at radius 2 is 0.970 bits per heavy atom. The average molecular weight is 920 g/mol. The van der Waals surface area contributed by atoms with E-state index in [-0.39, 0.29) is 23.7 Å². The molecular weight excluding hydrogens is 859 g/mol. The number of carbonyl (C=O) groups is 6. The molecule has 2 saturated heterocycles. The summed E-state index contributed by atoms with van der Waals surface area (Å²) in [5.41, 5.74) is 2.34. The highest BCUT2D eigenvalue weighted by Gasteiger charge is 2.62. The Morgan fingerprint density at radius 1 is 0.552 bits per heavy atom. The van der Waals surface area contributed by atoms with Gasteiger partial charge in [-0.2, -0.15) is 0 Å². The molecule has 10 rings (SSSR count). The summed E-state index contributed by atoms with van der Waals surface area (Å²) in [6.45, 7) is 8.50. The van der Waals surface area contributed by atoms with Crippen molar-refractivity contribution in [1.29, 1.82) is 0 Å². The zero-order valence-electron chi connectivity index (χ0n) is 37.8. The van der Waals surface area contributed by atoms with Crippen LogP contribution in [0.5, 0.6) is 0 Å². The van der Waals surface area contributed by atoms with Crippen LogP contribution in [0, 0.1) is 47.3 Å². The van der Waals surface area contributed by atoms with Crippen molar-refractivity contribution in [2.45, 2.75) is 50.7 Å². The van der Waals surface area contributed by atoms with Crippen molar-refractivity contribution in [2.75, 3.05) is 78.8 Å². The van der Waals surface area contributed by atoms with Gasteiger partial charge < -0.3 is 39.5 Å². The van der Waals surface area contributed by atoms with Gasteiger partial charge in [0.05, 0.1) is 61.2 Å². The standard InChI is InChI=1S/C50H61N7O10/c58-45(51-11-5-13-56-15-19-64-20-16-56)41-29-23-33(39(25-29)66-49(62)35-27-53-37-9-3-1-7-31(35)37)43(41)47(60)55-48(61)44-34-24-30(42(44)46(59)52-12-6-14-57-17-21-65-22-18-57)26-40(34)67-50(63)36-28-54-38-10-4-2-8-32(36)38/h1-4,7-10,27-30,33-34,39-44,53-54H,5-6,11-26H2,(H,51,58)(H,52,59)(H,55,60,61). The van der Waals surface area contributed by atoms with Crippen LogP contribution in [0.2, 0.25) is 0 Å². The van der Waals surface area contributed by atoms with Gasteiger partial charge >= 0.3 is 11.9 Å². The van der Waals surface area contributed by atoms with Crippen molar-refractivity contribution in [1.82, 2.24) is 35.7 Å². The van der Waals surface area contributed by atoms with Crippen LogP contribution in [-0.2, 0) is 38.1 Å². The molecule has 67 heavy (non-hydrogen) atoms. The topological polar surface area (TPSA) is 213 Å². The molecule has 17 heteroatoms. The average Bonchev–Trinajstić information content (AvgIpc) is 4.22. The molecule has 5 N–H and O–H groups in total. The number of hydrogen-bond donors (Lipinski definition) is 5. The van der Waals surface area contributed by atoms with E-state index in [1.54, 1.807) is 12.4 Å². The second-order valence-corrected chi connectivity index (χ2v) is 19.3. The van der Waals surface area contributed by atoms with E-state index in [2.05, 4.69) is 35.7 Å². The lowest BCUT2D eigenvalue weighted by molar-refractivity contribution is -0.147. The lowest BCUT2D eigenvalue weighted by Crippen LogP contribution is -2.53. The van der Waals surface area contributed by atoms with E-state index in [1.807, 2.05) is 48.5 Å². The highest BCUT2D eigenvalue weighted by molar-refractivity contribution is 6.05. The number of hydrogen-bond acceptors (Lipinski definition) is 12. The number of esters is 2. The summed E-state index contributed by atoms with van der Waals surface area (Å²) >= 11 is 0. The van der Waals surface area contributed by atoms with Gasteiger partial charge in [-0.15, -0.1) is 0 Å². The van der Waals surface area contributed by atoms with Crippen molar-refractivity contribution in [2.24, 2.45) is 47.3 Å². The Balaban J connectivity index is 0.861. The molecule has 2 aliphatic heterocycles. The number of nitrogens with zero attached hydrogens (tertiary/aromatic N) is 2. The number of fused-ring (bicyclic) bond motifs is 6. The molecule has 10 unspecified atom stereocenters. The van der Waals surface area contributed by atoms with Gasteiger partial charge in [0, 0.05) is 85.3 Å². The number of para-hydroxylation sites is 2. The number of aromatic amines is 2. The molecule has 10 atom stereocenters. The van der Waals surface area contributed by atoms with Gasteiger partial charge in [0.1, 0.15) is 12.2 Å². The maximum Gasteiger partial charge on any atom is 0.340 e. The second kappa shape index (κ2) is 19.9. The van der Waals surface area contributed by atoms with E-state index in [9.17, 15) is 28.8 Å². The molecule has 0 radical (unpaired) electrons. The smallest absolute Gasteiger partial charge is 0.340 e. The monoisotopic (exact) mass is 919 g/mol. The number of carbonyl (C=O) groups excluding carboxylic acids is 6. The molecule has 356 valence electrons. The van der Waals surface area contributed by atoms with Crippen LogP contribution < -0.4 is 16.0 Å². The normalized spacial score (nSPS) is 29.3. The van der Waals surface area contributed by atoms with Crippen LogP contribution in [-0.4, -0.2) is 146 Å². The third kappa shape index (κ3) is 9.35. The molecule has 17 nitrogen and oxygen atoms in total. The number of morpholine rings is 2. The van der Waals surface area contributed by atoms with Crippen LogP contribution in [0.4, 0.5) is 0 Å². The summed E-state index contributed by atoms with van der Waals surface area (Å²) in [6, 6.07) is 14.9. The maximum atomic E-state index is 14.8. The number of amides is 4. The van der Waals surface area contributed by atoms with Gasteiger partial charge in [0.15, 0.2) is 0 Å². The zero-order valence-corrected chi connectivity index (χ0v) is 37.8. The second-order valence-electron chi connectivity index (χ2n) is 19.3. The lowest BCUT2D eigenvalue weighted by Gasteiger charge is -2.36. The molecular formula is C50H61N7O10. The van der Waals surface area contributed by atoms with Crippen molar-refractivity contribution >= 4 is 57.4 Å². The maximum absolute atomic E-state index is 14.8. The summed E-state index contributed by atoms with van der Waals surface area (Å²) in [5, 5.41) is 10.3. The predicted molar refractivity (Wildman–Crippen MR) is 244 cm³/mol. The number of benzene rings is 2. The first-order valence-electron chi connectivity index (χ1n) is 24.3. The molecule has 2 aromatic carbocycles. The van der Waals surface area contributed by atoms with Crippen molar-refractivity contribution in [3.05, 3.63) is 72.1 Å². The fourth-order valence-corrected chi connectivity index (χ4v) is 12.4. The quantitative estimate of drug-likeness (QED) is 0.0623. The summed E-state index contributed by atoms with van der Waals surface area (Å²) in [7, 11) is 0. The first kappa shape index (κ1) is 45.2. The van der Waals surface area contributed by atoms with Gasteiger partial charge in [0.25, 0.3) is 0 Å². The lowest BCUT2D eigenvalue weighted by atomic mass is 9.75. The SMILES string of the molecule is O=C(OC1CC2CC1C(C(=O)NC(=O)C1C3CC(CC3OC(=O)c3c[nH]c4ccccc34)C1C(=O)NCCCN1CCOCC1)C2C(=O)NCCCN1CCOCC1)c1c[nH]c2ccccc12. The van der Waals surface area contributed by atoms with Crippen molar-refractivity contribution < 1.29 is 47.7 Å². The van der Waals surface area contributed by atoms with Crippen LogP contribution >= 0.6 is 0 Å². The Hall–Kier alpha value is -5.62. The molecule has 4 saturated carbocycles. The molecule has 4 heterocycles. The third-order valence-electron chi connectivity index (χ3n) is 15.6. The minimum Gasteiger partial charge on any atom is -0.458 e. The summed E-state index contributed by atoms with van der Waals surface area (Å²) < 4.78 is 23.3. The molecule has 4 amide bonds. The van der Waals surface area contributed by atoms with E-state index in [1.165, 1.54) is 0 Å². The van der Waals surface area contributed by atoms with Crippen LogP contribution in [0.25, 0.3) is 21.8 Å². The Morgan fingerprint density at radius 3 is 1.40 bits per heavy atom. The highest BCUT2D eigenvalue weighted by atomic mass is 16.5. The minimum absolute atomic E-state index is 0.261. The molecule has 6 aliphatic rings. The molecule has 4 bridgehead atoms. The van der Waals surface area contributed by atoms with Gasteiger partial charge in [-0.3, -0.25) is 34.3 Å². The highest BCUT2D eigenvalue weighted by Crippen LogP contribution is 2.56. The molecule has 4 aliphatic carbocycles. The molecule has 0 spiro atoms. The van der Waals surface area contributed by atoms with Crippen molar-refractivity contribution in [3.63, 3.8) is 0 Å². The van der Waals surface area contributed by atoms with Crippen molar-refractivity contribution in [3.8, 4) is 0 Å². The number of ether oxygens (including phenoxy) is 4. The van der Waals surface area contributed by atoms with Gasteiger partial charge in [-0.1, -0.05) is 36.4 Å². The summed E-state index contributed by atoms with van der Waals surface area (Å²) in [6.07, 6.45) is 5.13. The number of rotatable bonds is 16. The summed E-state index contributed by atoms with van der Waals surface area (Å²) in [4.78, 5) is 96.2. The zero-order chi connectivity index (χ0) is 46.0. The number of nitrogens with one attached hydrogen (secondary N) is 5. The molecule has 2 aromatic heterocycles. The first-order chi connectivity index (χ1) is 32.7. The molecule has 4 aromatic rings. The first-order valence-corrected chi connectivity index (χ1v) is 24.3. The Bertz CT molecular complexity index is 2310. The van der Waals surface area contributed by atoms with E-state index in [0.717, 1.165) is 73.9 Å². The third-order valence-corrected chi connectivity index (χ3v) is 15.6. The van der Waals surface area contributed by atoms with Crippen LogP contribution in [0.15, 0.2) is 60.9 Å². The van der Waals surface area contributed by atoms with E-state index in [4.69, 9.17) is 18.9 Å². The van der Waals surface area contributed by atoms with E-state index < -0.39 is 71.5 Å². The number of imide groups is 1. The summed E-state index contributed by atoms with van der Waals surface area (Å²) in [5.74, 6) is -7.83. The molecule has 6 fully saturated rings. The fourth-order valence-electron chi connectivity index (χ4n) is 12.4. The van der Waals surface area contributed by atoms with Gasteiger partial charge in [0.2, 0.25) is 23.6 Å². The van der Waals surface area contributed by atoms with E-state index >= 15 is 0 Å². The number of aromatic nitrogens is 2. The predicted octanol–water partition coefficient (Wildman–Crippen LogP) is 3.26.